The first kappa shape index (κ1) is 12.0. The molecule has 0 bridgehead atoms. The summed E-state index contributed by atoms with van der Waals surface area (Å²) < 4.78 is 0. The Bertz CT molecular complexity index is 473. The van der Waals surface area contributed by atoms with Gasteiger partial charge in [0.05, 0.1) is 0 Å². The molecule has 1 aromatic rings. The molecule has 0 aliphatic heterocycles. The Balaban J connectivity index is 1.68. The maximum atomic E-state index is 2.51. The van der Waals surface area contributed by atoms with E-state index in [0.29, 0.717) is 0 Å². The largest absolute Gasteiger partial charge is 0.0613 e. The molecule has 19 heavy (non-hydrogen) atoms. The molecule has 0 N–H and O–H groups in total. The molecule has 4 rings (SSSR count). The highest BCUT2D eigenvalue weighted by atomic mass is 14.5. The summed E-state index contributed by atoms with van der Waals surface area (Å²) in [5.41, 5.74) is 4.96. The van der Waals surface area contributed by atoms with Gasteiger partial charge in [0, 0.05) is 0 Å². The van der Waals surface area contributed by atoms with Crippen molar-refractivity contribution in [3.63, 3.8) is 0 Å². The predicted octanol–water partition coefficient (Wildman–Crippen LogP) is 5.11. The summed E-state index contributed by atoms with van der Waals surface area (Å²) in [6.07, 6.45) is 11.6. The van der Waals surface area contributed by atoms with Gasteiger partial charge in [0.1, 0.15) is 0 Å². The van der Waals surface area contributed by atoms with Crippen molar-refractivity contribution in [3.05, 3.63) is 34.9 Å². The van der Waals surface area contributed by atoms with Crippen LogP contribution in [0.1, 0.15) is 68.1 Å². The molecule has 0 amide bonds. The van der Waals surface area contributed by atoms with Crippen molar-refractivity contribution in [2.45, 2.75) is 64.2 Å². The molecule has 0 unspecified atom stereocenters. The number of aryl methyl sites for hydroxylation is 2. The van der Waals surface area contributed by atoms with E-state index < -0.39 is 0 Å². The van der Waals surface area contributed by atoms with Gasteiger partial charge < -0.3 is 0 Å². The zero-order valence-electron chi connectivity index (χ0n) is 12.2. The average Bonchev–Trinajstić information content (AvgIpc) is 2.94. The summed E-state index contributed by atoms with van der Waals surface area (Å²) in [5, 5.41) is 0. The quantitative estimate of drug-likeness (QED) is 0.653. The van der Waals surface area contributed by atoms with Gasteiger partial charge in [-0.1, -0.05) is 38.0 Å². The third-order valence-electron chi connectivity index (χ3n) is 6.40. The van der Waals surface area contributed by atoms with Crippen LogP contribution in [-0.4, -0.2) is 0 Å². The van der Waals surface area contributed by atoms with Crippen LogP contribution in [0.5, 0.6) is 0 Å². The van der Waals surface area contributed by atoms with Crippen molar-refractivity contribution in [2.75, 3.05) is 0 Å². The van der Waals surface area contributed by atoms with Gasteiger partial charge in [-0.2, -0.15) is 0 Å². The summed E-state index contributed by atoms with van der Waals surface area (Å²) in [6, 6.07) is 7.38. The molecule has 4 atom stereocenters. The van der Waals surface area contributed by atoms with Crippen LogP contribution in [0.3, 0.4) is 0 Å². The Morgan fingerprint density at radius 3 is 2.84 bits per heavy atom. The standard InChI is InChI=1S/C19H26/c1-2-13-6-9-17-15(12-13)8-11-18-16-5-3-4-14(16)7-10-19(17)18/h6,9,12,14,16,18-19H,2-5,7-8,10-11H2,1H3/t14-,16+,18-,19+/m0/s1. The van der Waals surface area contributed by atoms with Crippen LogP contribution >= 0.6 is 0 Å². The summed E-state index contributed by atoms with van der Waals surface area (Å²) in [4.78, 5) is 0. The highest BCUT2D eigenvalue weighted by Gasteiger charge is 2.43. The van der Waals surface area contributed by atoms with Crippen LogP contribution in [0.2, 0.25) is 0 Å². The molecule has 0 heterocycles. The summed E-state index contributed by atoms with van der Waals surface area (Å²) in [6.45, 7) is 2.27. The maximum Gasteiger partial charge on any atom is -0.0128 e. The van der Waals surface area contributed by atoms with Gasteiger partial charge in [0.2, 0.25) is 0 Å². The Morgan fingerprint density at radius 2 is 1.95 bits per heavy atom. The van der Waals surface area contributed by atoms with Crippen molar-refractivity contribution in [2.24, 2.45) is 17.8 Å². The van der Waals surface area contributed by atoms with E-state index in [2.05, 4.69) is 25.1 Å². The second kappa shape index (κ2) is 4.65. The average molecular weight is 254 g/mol. The minimum absolute atomic E-state index is 0.911. The maximum absolute atomic E-state index is 2.51. The summed E-state index contributed by atoms with van der Waals surface area (Å²) in [7, 11) is 0. The third-order valence-corrected chi connectivity index (χ3v) is 6.40. The Labute approximate surface area is 117 Å². The Morgan fingerprint density at radius 1 is 1.00 bits per heavy atom. The van der Waals surface area contributed by atoms with Crippen molar-refractivity contribution in [3.8, 4) is 0 Å². The van der Waals surface area contributed by atoms with Gasteiger partial charge in [0.25, 0.3) is 0 Å². The molecule has 0 saturated heterocycles. The first-order valence-corrected chi connectivity index (χ1v) is 8.48. The minimum Gasteiger partial charge on any atom is -0.0613 e. The van der Waals surface area contributed by atoms with Crippen LogP contribution < -0.4 is 0 Å². The van der Waals surface area contributed by atoms with Crippen LogP contribution in [0.25, 0.3) is 0 Å². The van der Waals surface area contributed by atoms with E-state index in [1.54, 1.807) is 11.1 Å². The van der Waals surface area contributed by atoms with Gasteiger partial charge in [-0.05, 0) is 78.9 Å². The van der Waals surface area contributed by atoms with E-state index in [-0.39, 0.29) is 0 Å². The van der Waals surface area contributed by atoms with Crippen LogP contribution in [-0.2, 0) is 12.8 Å². The Kier molecular flexibility index (Phi) is 2.94. The molecular formula is C19H26. The lowest BCUT2D eigenvalue weighted by Crippen LogP contribution is -2.34. The molecule has 3 aliphatic rings. The lowest BCUT2D eigenvalue weighted by molar-refractivity contribution is 0.137. The van der Waals surface area contributed by atoms with E-state index in [1.165, 1.54) is 56.9 Å². The highest BCUT2D eigenvalue weighted by Crippen LogP contribution is 2.54. The summed E-state index contributed by atoms with van der Waals surface area (Å²) in [5.74, 6) is 4.12. The number of hydrogen-bond acceptors (Lipinski definition) is 0. The molecule has 0 aromatic heterocycles. The molecule has 0 spiro atoms. The lowest BCUT2D eigenvalue weighted by Gasteiger charge is -2.44. The van der Waals surface area contributed by atoms with Crippen LogP contribution in [0.15, 0.2) is 18.2 Å². The van der Waals surface area contributed by atoms with Crippen molar-refractivity contribution in [1.29, 1.82) is 0 Å². The topological polar surface area (TPSA) is 0 Å². The van der Waals surface area contributed by atoms with Crippen molar-refractivity contribution in [1.82, 2.24) is 0 Å². The SMILES string of the molecule is CCc1ccc2c(c1)CC[C@H]1[C@@H]3CCC[C@H]3CC[C@H]21. The van der Waals surface area contributed by atoms with E-state index >= 15 is 0 Å². The first-order chi connectivity index (χ1) is 9.36. The monoisotopic (exact) mass is 254 g/mol. The van der Waals surface area contributed by atoms with Crippen LogP contribution in [0, 0.1) is 17.8 Å². The van der Waals surface area contributed by atoms with Gasteiger partial charge >= 0.3 is 0 Å². The first-order valence-electron chi connectivity index (χ1n) is 8.48. The fourth-order valence-electron chi connectivity index (χ4n) is 5.47. The highest BCUT2D eigenvalue weighted by molar-refractivity contribution is 5.37. The zero-order chi connectivity index (χ0) is 12.8. The van der Waals surface area contributed by atoms with E-state index in [9.17, 15) is 0 Å². The fraction of sp³-hybridized carbons (Fsp3) is 0.684. The number of benzene rings is 1. The molecular weight excluding hydrogens is 228 g/mol. The number of hydrogen-bond donors (Lipinski definition) is 0. The number of fused-ring (bicyclic) bond motifs is 5. The normalized spacial score (nSPS) is 36.5. The van der Waals surface area contributed by atoms with E-state index in [4.69, 9.17) is 0 Å². The predicted molar refractivity (Wildman–Crippen MR) is 80.4 cm³/mol. The Hall–Kier alpha value is -0.780. The molecule has 0 heteroatoms. The molecule has 1 aromatic carbocycles. The molecule has 2 fully saturated rings. The lowest BCUT2D eigenvalue weighted by atomic mass is 9.61. The van der Waals surface area contributed by atoms with E-state index in [0.717, 1.165) is 23.7 Å². The molecule has 0 radical (unpaired) electrons. The molecule has 102 valence electrons. The molecule has 2 saturated carbocycles. The zero-order valence-corrected chi connectivity index (χ0v) is 12.2. The van der Waals surface area contributed by atoms with E-state index in [1.807, 2.05) is 0 Å². The van der Waals surface area contributed by atoms with Crippen molar-refractivity contribution >= 4 is 0 Å². The van der Waals surface area contributed by atoms with Gasteiger partial charge in [-0.25, -0.2) is 0 Å². The van der Waals surface area contributed by atoms with Gasteiger partial charge in [-0.15, -0.1) is 0 Å². The van der Waals surface area contributed by atoms with Gasteiger partial charge in [0.15, 0.2) is 0 Å². The number of rotatable bonds is 1. The smallest absolute Gasteiger partial charge is 0.0128 e. The van der Waals surface area contributed by atoms with Crippen LogP contribution in [0.4, 0.5) is 0 Å². The molecule has 3 aliphatic carbocycles. The molecule has 0 nitrogen and oxygen atoms in total. The van der Waals surface area contributed by atoms with Gasteiger partial charge in [-0.3, -0.25) is 0 Å². The fourth-order valence-corrected chi connectivity index (χ4v) is 5.47. The minimum atomic E-state index is 0.911. The third kappa shape index (κ3) is 1.87. The second-order valence-electron chi connectivity index (χ2n) is 7.13. The second-order valence-corrected chi connectivity index (χ2v) is 7.13. The van der Waals surface area contributed by atoms with Crippen molar-refractivity contribution < 1.29 is 0 Å². The summed E-state index contributed by atoms with van der Waals surface area (Å²) >= 11 is 0.